The van der Waals surface area contributed by atoms with Crippen molar-refractivity contribution >= 4 is 17.7 Å². The number of halogens is 3. The number of carbonyl (C=O) groups excluding carboxylic acids is 1. The van der Waals surface area contributed by atoms with E-state index >= 15 is 0 Å². The van der Waals surface area contributed by atoms with Gasteiger partial charge < -0.3 is 4.74 Å². The summed E-state index contributed by atoms with van der Waals surface area (Å²) < 4.78 is 43.7. The summed E-state index contributed by atoms with van der Waals surface area (Å²) in [5.41, 5.74) is 0.105. The molecule has 116 valence electrons. The topological polar surface area (TPSA) is 26.3 Å². The van der Waals surface area contributed by atoms with Gasteiger partial charge in [-0.1, -0.05) is 0 Å². The van der Waals surface area contributed by atoms with Crippen LogP contribution in [0, 0.1) is 23.4 Å². The van der Waals surface area contributed by atoms with Gasteiger partial charge in [0.1, 0.15) is 6.61 Å². The number of hydrogen-bond donors (Lipinski definition) is 0. The zero-order valence-electron chi connectivity index (χ0n) is 11.5. The lowest BCUT2D eigenvalue weighted by molar-refractivity contribution is -0.145. The van der Waals surface area contributed by atoms with Crippen LogP contribution in [0.4, 0.5) is 13.2 Å². The highest BCUT2D eigenvalue weighted by Gasteiger charge is 2.16. The van der Waals surface area contributed by atoms with Crippen molar-refractivity contribution in [2.75, 3.05) is 11.5 Å². The van der Waals surface area contributed by atoms with E-state index in [-0.39, 0.29) is 12.2 Å². The summed E-state index contributed by atoms with van der Waals surface area (Å²) in [4.78, 5) is 11.6. The number of rotatable bonds is 5. The van der Waals surface area contributed by atoms with E-state index in [1.165, 1.54) is 0 Å². The van der Waals surface area contributed by atoms with E-state index in [9.17, 15) is 18.0 Å². The Hall–Kier alpha value is -1.17. The number of carbonyl (C=O) groups is 1. The monoisotopic (exact) mass is 318 g/mol. The second-order valence-electron chi connectivity index (χ2n) is 5.13. The predicted octanol–water partition coefficient (Wildman–Crippen LogP) is 4.07. The third kappa shape index (κ3) is 4.95. The van der Waals surface area contributed by atoms with E-state index in [1.807, 2.05) is 11.8 Å². The van der Waals surface area contributed by atoms with Crippen molar-refractivity contribution in [1.82, 2.24) is 0 Å². The van der Waals surface area contributed by atoms with Crippen molar-refractivity contribution in [3.63, 3.8) is 0 Å². The maximum atomic E-state index is 13.0. The molecule has 0 atom stereocenters. The summed E-state index contributed by atoms with van der Waals surface area (Å²) in [6.45, 7) is -0.243. The largest absolute Gasteiger partial charge is 0.461 e. The lowest BCUT2D eigenvalue weighted by Crippen LogP contribution is -2.13. The molecule has 0 spiro atoms. The summed E-state index contributed by atoms with van der Waals surface area (Å²) in [7, 11) is 0. The van der Waals surface area contributed by atoms with Crippen LogP contribution >= 0.6 is 11.8 Å². The molecule has 0 aliphatic carbocycles. The van der Waals surface area contributed by atoms with Crippen LogP contribution in [0.5, 0.6) is 0 Å². The molecule has 21 heavy (non-hydrogen) atoms. The Bertz CT molecular complexity index is 479. The van der Waals surface area contributed by atoms with E-state index in [0.717, 1.165) is 42.9 Å². The zero-order chi connectivity index (χ0) is 15.2. The summed E-state index contributed by atoms with van der Waals surface area (Å²) in [6.07, 6.45) is 3.33. The molecule has 2 nitrogen and oxygen atoms in total. The van der Waals surface area contributed by atoms with E-state index < -0.39 is 23.4 Å². The minimum atomic E-state index is -1.51. The standard InChI is InChI=1S/C15H17F3O2S/c16-12-7-11(8-13(17)15(12)18)9-20-14(19)2-1-10-3-5-21-6-4-10/h7-8,10H,1-6,9H2. The summed E-state index contributed by atoms with van der Waals surface area (Å²) in [6, 6.07) is 1.67. The molecule has 0 N–H and O–H groups in total. The maximum Gasteiger partial charge on any atom is 0.306 e. The van der Waals surface area contributed by atoms with Crippen molar-refractivity contribution in [1.29, 1.82) is 0 Å². The lowest BCUT2D eigenvalue weighted by atomic mass is 9.97. The van der Waals surface area contributed by atoms with Gasteiger partial charge in [-0.05, 0) is 54.4 Å². The number of ether oxygens (including phenoxy) is 1. The molecule has 0 amide bonds. The zero-order valence-corrected chi connectivity index (χ0v) is 12.4. The average Bonchev–Trinajstić information content (AvgIpc) is 2.49. The lowest BCUT2D eigenvalue weighted by Gasteiger charge is -2.20. The van der Waals surface area contributed by atoms with E-state index in [2.05, 4.69) is 0 Å². The molecule has 0 unspecified atom stereocenters. The van der Waals surface area contributed by atoms with Gasteiger partial charge in [0.05, 0.1) is 0 Å². The first-order valence-electron chi connectivity index (χ1n) is 6.93. The minimum absolute atomic E-state index is 0.105. The summed E-state index contributed by atoms with van der Waals surface area (Å²) in [5, 5.41) is 0. The van der Waals surface area contributed by atoms with Crippen molar-refractivity contribution in [3.05, 3.63) is 35.1 Å². The van der Waals surface area contributed by atoms with Crippen LogP contribution in [0.2, 0.25) is 0 Å². The van der Waals surface area contributed by atoms with Crippen LogP contribution in [0.3, 0.4) is 0 Å². The molecule has 2 rings (SSSR count). The highest BCUT2D eigenvalue weighted by Crippen LogP contribution is 2.26. The van der Waals surface area contributed by atoms with Gasteiger partial charge >= 0.3 is 5.97 Å². The molecule has 0 aromatic heterocycles. The van der Waals surface area contributed by atoms with Gasteiger partial charge in [-0.25, -0.2) is 13.2 Å². The molecular formula is C15H17F3O2S. The van der Waals surface area contributed by atoms with Gasteiger partial charge in [0.2, 0.25) is 0 Å². The minimum Gasteiger partial charge on any atom is -0.461 e. The van der Waals surface area contributed by atoms with E-state index in [4.69, 9.17) is 4.74 Å². The van der Waals surface area contributed by atoms with Crippen molar-refractivity contribution in [2.24, 2.45) is 5.92 Å². The summed E-state index contributed by atoms with van der Waals surface area (Å²) >= 11 is 1.93. The number of thioether (sulfide) groups is 1. The van der Waals surface area contributed by atoms with E-state index in [1.54, 1.807) is 0 Å². The van der Waals surface area contributed by atoms with Crippen LogP contribution in [0.15, 0.2) is 12.1 Å². The van der Waals surface area contributed by atoms with Crippen LogP contribution in [-0.2, 0) is 16.1 Å². The first-order chi connectivity index (χ1) is 10.1. The SMILES string of the molecule is O=C(CCC1CCSCC1)OCc1cc(F)c(F)c(F)c1. The molecule has 0 radical (unpaired) electrons. The average molecular weight is 318 g/mol. The molecule has 1 aromatic carbocycles. The smallest absolute Gasteiger partial charge is 0.306 e. The van der Waals surface area contributed by atoms with Gasteiger partial charge in [-0.15, -0.1) is 0 Å². The predicted molar refractivity (Wildman–Crippen MR) is 75.4 cm³/mol. The molecule has 1 aliphatic heterocycles. The highest BCUT2D eigenvalue weighted by molar-refractivity contribution is 7.99. The molecular weight excluding hydrogens is 301 g/mol. The maximum absolute atomic E-state index is 13.0. The molecule has 1 fully saturated rings. The van der Waals surface area contributed by atoms with Crippen molar-refractivity contribution in [3.8, 4) is 0 Å². The molecule has 0 bridgehead atoms. The molecule has 1 aromatic rings. The number of esters is 1. The van der Waals surface area contributed by atoms with Crippen LogP contribution < -0.4 is 0 Å². The first-order valence-corrected chi connectivity index (χ1v) is 8.08. The fourth-order valence-corrected chi connectivity index (χ4v) is 3.49. The van der Waals surface area contributed by atoms with Crippen LogP contribution in [0.1, 0.15) is 31.2 Å². The Labute approximate surface area is 126 Å². The fraction of sp³-hybridized carbons (Fsp3) is 0.533. The third-order valence-corrected chi connectivity index (χ3v) is 4.59. The Morgan fingerprint density at radius 1 is 1.19 bits per heavy atom. The number of hydrogen-bond acceptors (Lipinski definition) is 3. The Morgan fingerprint density at radius 3 is 2.43 bits per heavy atom. The third-order valence-electron chi connectivity index (χ3n) is 3.54. The second kappa shape index (κ2) is 7.73. The Balaban J connectivity index is 1.75. The van der Waals surface area contributed by atoms with Gasteiger partial charge in [-0.2, -0.15) is 11.8 Å². The van der Waals surface area contributed by atoms with E-state index in [0.29, 0.717) is 12.3 Å². The van der Waals surface area contributed by atoms with Gasteiger partial charge in [-0.3, -0.25) is 4.79 Å². The Morgan fingerprint density at radius 2 is 1.81 bits per heavy atom. The second-order valence-corrected chi connectivity index (χ2v) is 6.35. The summed E-state index contributed by atoms with van der Waals surface area (Å²) in [5.74, 6) is -1.64. The van der Waals surface area contributed by atoms with Gasteiger partial charge in [0.15, 0.2) is 17.5 Å². The highest BCUT2D eigenvalue weighted by atomic mass is 32.2. The molecule has 0 saturated carbocycles. The van der Waals surface area contributed by atoms with Crippen molar-refractivity contribution < 1.29 is 22.7 Å². The van der Waals surface area contributed by atoms with Crippen LogP contribution in [-0.4, -0.2) is 17.5 Å². The normalized spacial score (nSPS) is 16.0. The molecule has 6 heteroatoms. The van der Waals surface area contributed by atoms with Gasteiger partial charge in [0, 0.05) is 6.42 Å². The van der Waals surface area contributed by atoms with Crippen molar-refractivity contribution in [2.45, 2.75) is 32.3 Å². The molecule has 1 aliphatic rings. The Kier molecular flexibility index (Phi) is 5.96. The first kappa shape index (κ1) is 16.2. The fourth-order valence-electron chi connectivity index (χ4n) is 2.28. The van der Waals surface area contributed by atoms with Crippen LogP contribution in [0.25, 0.3) is 0 Å². The quantitative estimate of drug-likeness (QED) is 0.605. The van der Waals surface area contributed by atoms with Gasteiger partial charge in [0.25, 0.3) is 0 Å². The molecule has 1 saturated heterocycles. The number of benzene rings is 1. The molecule has 1 heterocycles.